The molecule has 0 aromatic heterocycles. The van der Waals surface area contributed by atoms with Gasteiger partial charge in [-0.05, 0) is 0 Å². The number of carboxylic acid groups (broad SMARTS) is 1. The van der Waals surface area contributed by atoms with Crippen molar-refractivity contribution in [1.29, 1.82) is 0 Å². The molecule has 0 aliphatic carbocycles. The number of carbonyl (C=O) groups is 1. The molecule has 1 unspecified atom stereocenters. The summed E-state index contributed by atoms with van der Waals surface area (Å²) in [5, 5.41) is 23.7. The molecule has 0 amide bonds. The van der Waals surface area contributed by atoms with Crippen molar-refractivity contribution in [2.24, 2.45) is 0 Å². The number of aliphatic carboxylic acids is 1. The number of aliphatic hydroxyl groups excluding tert-OH is 2. The van der Waals surface area contributed by atoms with Crippen LogP contribution in [0.5, 0.6) is 0 Å². The summed E-state index contributed by atoms with van der Waals surface area (Å²) in [6, 6.07) is 0. The third-order valence-corrected chi connectivity index (χ3v) is 0.458. The number of rotatable bonds is 2. The summed E-state index contributed by atoms with van der Waals surface area (Å²) in [6.45, 7) is -0.727. The predicted octanol–water partition coefficient (Wildman–Crippen LogP) is -3.32. The molecule has 0 fully saturated rings. The predicted molar refractivity (Wildman–Crippen MR) is 32.9 cm³/mol. The van der Waals surface area contributed by atoms with Gasteiger partial charge in [-0.1, -0.05) is 0 Å². The van der Waals surface area contributed by atoms with Crippen LogP contribution in [0.1, 0.15) is 0 Å². The van der Waals surface area contributed by atoms with Crippen molar-refractivity contribution in [1.82, 2.24) is 0 Å². The summed E-state index contributed by atoms with van der Waals surface area (Å²) in [5.74, 6) is -1.40. The van der Waals surface area contributed by atoms with E-state index in [1.54, 1.807) is 0 Å². The van der Waals surface area contributed by atoms with Crippen LogP contribution in [0.25, 0.3) is 0 Å². The van der Waals surface area contributed by atoms with Gasteiger partial charge in [-0.15, -0.1) is 0 Å². The van der Waals surface area contributed by atoms with E-state index in [1.165, 1.54) is 0 Å². The maximum atomic E-state index is 9.52. The number of aliphatic hydroxyl groups is 2. The van der Waals surface area contributed by atoms with Crippen molar-refractivity contribution >= 4 is 43.7 Å². The monoisotopic (exact) mass is 166 g/mol. The van der Waals surface area contributed by atoms with E-state index in [0.29, 0.717) is 0 Å². The van der Waals surface area contributed by atoms with E-state index in [2.05, 4.69) is 0 Å². The fourth-order valence-electron chi connectivity index (χ4n) is 0.0781. The Kier molecular flexibility index (Phi) is 15.6. The van der Waals surface area contributed by atoms with Gasteiger partial charge >= 0.3 is 43.7 Å². The molecule has 1 atom stereocenters. The summed E-state index contributed by atoms with van der Waals surface area (Å²) >= 11 is 0. The van der Waals surface area contributed by atoms with Gasteiger partial charge in [0, 0.05) is 0 Å². The first-order chi connectivity index (χ1) is 3.18. The second-order valence-corrected chi connectivity index (χ2v) is 1.04. The molecule has 0 heterocycles. The Morgan fingerprint density at radius 2 is 1.89 bits per heavy atom. The van der Waals surface area contributed by atoms with Gasteiger partial charge in [0.05, 0.1) is 6.61 Å². The van der Waals surface area contributed by atoms with Gasteiger partial charge in [0.1, 0.15) is 0 Å². The van der Waals surface area contributed by atoms with E-state index < -0.39 is 18.7 Å². The number of carboxylic acids is 1. The second kappa shape index (κ2) is 8.61. The normalized spacial score (nSPS) is 10.4. The van der Waals surface area contributed by atoms with Crippen LogP contribution in [0.2, 0.25) is 0 Å². The zero-order valence-electron chi connectivity index (χ0n) is 4.03. The molecule has 9 heavy (non-hydrogen) atoms. The third-order valence-electron chi connectivity index (χ3n) is 0.458. The minimum absolute atomic E-state index is 0. The van der Waals surface area contributed by atoms with E-state index in [0.717, 1.165) is 0 Å². The van der Waals surface area contributed by atoms with Gasteiger partial charge in [-0.3, -0.25) is 0 Å². The molecule has 5 N–H and O–H groups in total. The summed E-state index contributed by atoms with van der Waals surface area (Å²) in [5.41, 5.74) is 0. The third kappa shape index (κ3) is 8.61. The molecule has 5 nitrogen and oxygen atoms in total. The summed E-state index contributed by atoms with van der Waals surface area (Å²) in [6.07, 6.45) is -1.63. The van der Waals surface area contributed by atoms with Crippen LogP contribution >= 0.6 is 0 Å². The topological polar surface area (TPSA) is 109 Å². The number of hydrogen-bond acceptors (Lipinski definition) is 3. The van der Waals surface area contributed by atoms with Gasteiger partial charge in [0.2, 0.25) is 0 Å². The Hall–Kier alpha value is 0.610. The van der Waals surface area contributed by atoms with Crippen molar-refractivity contribution in [3.05, 3.63) is 0 Å². The molecular weight excluding hydrogens is 156 g/mol. The van der Waals surface area contributed by atoms with Crippen molar-refractivity contribution < 1.29 is 25.6 Å². The minimum atomic E-state index is -1.63. The average Bonchev–Trinajstić information content (AvgIpc) is 1.65. The molecule has 0 saturated heterocycles. The van der Waals surface area contributed by atoms with Gasteiger partial charge in [-0.2, -0.15) is 0 Å². The van der Waals surface area contributed by atoms with Crippen molar-refractivity contribution in [3.8, 4) is 0 Å². The molecule has 0 spiro atoms. The van der Waals surface area contributed by atoms with E-state index in [-0.39, 0.29) is 43.2 Å². The first kappa shape index (κ1) is 16.3. The van der Waals surface area contributed by atoms with E-state index in [4.69, 9.17) is 15.3 Å². The van der Waals surface area contributed by atoms with E-state index in [1.807, 2.05) is 0 Å². The molecule has 0 aliphatic heterocycles. The Morgan fingerprint density at radius 3 is 1.89 bits per heavy atom. The van der Waals surface area contributed by atoms with Crippen LogP contribution in [-0.2, 0) is 4.79 Å². The van der Waals surface area contributed by atoms with Crippen LogP contribution in [0.3, 0.4) is 0 Å². The molecular formula is C3H10CaO5. The Morgan fingerprint density at radius 1 is 1.56 bits per heavy atom. The number of hydrogen-bond donors (Lipinski definition) is 3. The standard InChI is InChI=1S/C3H6O4.Ca.H2O.2H/c4-1-2(5)3(6)7;;;;/h2,4-5H,1H2,(H,6,7);;1H2;;. The molecule has 6 heteroatoms. The molecule has 0 radical (unpaired) electrons. The van der Waals surface area contributed by atoms with Gasteiger partial charge in [0.15, 0.2) is 6.10 Å². The van der Waals surface area contributed by atoms with E-state index >= 15 is 0 Å². The molecule has 0 aromatic carbocycles. The zero-order valence-corrected chi connectivity index (χ0v) is 4.03. The first-order valence-electron chi connectivity index (χ1n) is 1.70. The van der Waals surface area contributed by atoms with Crippen LogP contribution in [0, 0.1) is 0 Å². The molecule has 0 rings (SSSR count). The first-order valence-corrected chi connectivity index (χ1v) is 1.70. The van der Waals surface area contributed by atoms with Crippen LogP contribution in [-0.4, -0.2) is 77.2 Å². The zero-order chi connectivity index (χ0) is 5.86. The van der Waals surface area contributed by atoms with Crippen LogP contribution in [0.4, 0.5) is 0 Å². The van der Waals surface area contributed by atoms with Crippen molar-refractivity contribution in [3.63, 3.8) is 0 Å². The molecule has 0 aliphatic rings. The van der Waals surface area contributed by atoms with Crippen molar-refractivity contribution in [2.45, 2.75) is 6.10 Å². The summed E-state index contributed by atoms with van der Waals surface area (Å²) in [7, 11) is 0. The van der Waals surface area contributed by atoms with Crippen LogP contribution < -0.4 is 0 Å². The van der Waals surface area contributed by atoms with Crippen LogP contribution in [0.15, 0.2) is 0 Å². The Labute approximate surface area is 81.6 Å². The maximum absolute atomic E-state index is 9.52. The molecule has 0 aromatic rings. The fourth-order valence-corrected chi connectivity index (χ4v) is 0.0781. The quantitative estimate of drug-likeness (QED) is 0.373. The van der Waals surface area contributed by atoms with Gasteiger partial charge < -0.3 is 20.8 Å². The molecule has 0 saturated carbocycles. The Balaban J connectivity index is -0.000000180. The summed E-state index contributed by atoms with van der Waals surface area (Å²) in [4.78, 5) is 9.52. The molecule has 0 bridgehead atoms. The SMILES string of the molecule is O.O=C(O)C(O)CO.[CaH2]. The second-order valence-electron chi connectivity index (χ2n) is 1.04. The van der Waals surface area contributed by atoms with Gasteiger partial charge in [0.25, 0.3) is 0 Å². The Bertz CT molecular complexity index is 74.6. The fraction of sp³-hybridized carbons (Fsp3) is 0.667. The van der Waals surface area contributed by atoms with Gasteiger partial charge in [-0.25, -0.2) is 4.79 Å². The molecule has 54 valence electrons. The average molecular weight is 166 g/mol. The van der Waals surface area contributed by atoms with Crippen molar-refractivity contribution in [2.75, 3.05) is 6.61 Å². The summed E-state index contributed by atoms with van der Waals surface area (Å²) < 4.78 is 0. The van der Waals surface area contributed by atoms with E-state index in [9.17, 15) is 4.79 Å².